The zero-order chi connectivity index (χ0) is 16.1. The van der Waals surface area contributed by atoms with Gasteiger partial charge in [0.2, 0.25) is 15.9 Å². The second kappa shape index (κ2) is 7.16. The first-order valence-electron chi connectivity index (χ1n) is 7.57. The van der Waals surface area contributed by atoms with Crippen molar-refractivity contribution < 1.29 is 12.9 Å². The van der Waals surface area contributed by atoms with E-state index in [1.54, 1.807) is 6.07 Å². The molecule has 3 rings (SSSR count). The minimum Gasteiger partial charge on any atom is -0.338 e. The summed E-state index contributed by atoms with van der Waals surface area (Å²) in [6.45, 7) is 2.68. The summed E-state index contributed by atoms with van der Waals surface area (Å²) in [6.07, 6.45) is 6.46. The summed E-state index contributed by atoms with van der Waals surface area (Å²) in [5.74, 6) is 0.840. The Labute approximate surface area is 135 Å². The number of aromatic nitrogens is 3. The number of sulfonamides is 1. The largest absolute Gasteiger partial charge is 0.338 e. The highest BCUT2D eigenvalue weighted by atomic mass is 32.2. The zero-order valence-electron chi connectivity index (χ0n) is 12.7. The zero-order valence-corrected chi connectivity index (χ0v) is 13.5. The Morgan fingerprint density at radius 2 is 2.09 bits per heavy atom. The second-order valence-electron chi connectivity index (χ2n) is 5.45. The molecule has 0 bridgehead atoms. The Bertz CT molecular complexity index is 726. The lowest BCUT2D eigenvalue weighted by molar-refractivity contribution is 0.213. The van der Waals surface area contributed by atoms with Crippen LogP contribution in [0.15, 0.2) is 33.9 Å². The van der Waals surface area contributed by atoms with Gasteiger partial charge >= 0.3 is 0 Å². The van der Waals surface area contributed by atoms with Gasteiger partial charge < -0.3 is 4.52 Å². The Morgan fingerprint density at radius 3 is 2.83 bits per heavy atom. The fraction of sp³-hybridized carbons (Fsp3) is 0.500. The van der Waals surface area contributed by atoms with Gasteiger partial charge in [0.15, 0.2) is 5.82 Å². The highest BCUT2D eigenvalue weighted by Gasteiger charge is 2.17. The topological polar surface area (TPSA) is 101 Å². The Balaban J connectivity index is 1.57. The number of pyridine rings is 1. The van der Waals surface area contributed by atoms with Crippen LogP contribution in [0.5, 0.6) is 0 Å². The fourth-order valence-corrected chi connectivity index (χ4v) is 3.43. The van der Waals surface area contributed by atoms with Gasteiger partial charge in [-0.1, -0.05) is 11.6 Å². The van der Waals surface area contributed by atoms with Gasteiger partial charge in [-0.15, -0.1) is 0 Å². The van der Waals surface area contributed by atoms with E-state index in [1.807, 2.05) is 0 Å². The normalized spacial score (nSPS) is 16.5. The van der Waals surface area contributed by atoms with Crippen molar-refractivity contribution in [2.75, 3.05) is 13.1 Å². The molecule has 2 aromatic heterocycles. The van der Waals surface area contributed by atoms with Crippen molar-refractivity contribution in [2.24, 2.45) is 0 Å². The van der Waals surface area contributed by atoms with Crippen LogP contribution < -0.4 is 4.72 Å². The summed E-state index contributed by atoms with van der Waals surface area (Å²) < 4.78 is 31.7. The van der Waals surface area contributed by atoms with E-state index >= 15 is 0 Å². The van der Waals surface area contributed by atoms with Gasteiger partial charge in [0.1, 0.15) is 4.90 Å². The van der Waals surface area contributed by atoms with Crippen LogP contribution in [0.1, 0.15) is 31.0 Å². The standard InChI is InChI=1S/C14H19N5O3S/c20-23(21,12-5-4-6-15-9-12)16-10-14-17-13(18-22-14)11-19-7-2-1-3-8-19/h4-6,9,16H,1-3,7-8,10-11H2. The van der Waals surface area contributed by atoms with E-state index in [0.29, 0.717) is 12.4 Å². The molecule has 0 amide bonds. The number of likely N-dealkylation sites (tertiary alicyclic amines) is 1. The second-order valence-corrected chi connectivity index (χ2v) is 7.22. The van der Waals surface area contributed by atoms with Crippen LogP contribution in [-0.2, 0) is 23.1 Å². The lowest BCUT2D eigenvalue weighted by atomic mass is 10.1. The van der Waals surface area contributed by atoms with Crippen molar-refractivity contribution in [3.63, 3.8) is 0 Å². The molecule has 3 heterocycles. The third kappa shape index (κ3) is 4.34. The maximum Gasteiger partial charge on any atom is 0.242 e. The van der Waals surface area contributed by atoms with Gasteiger partial charge in [-0.2, -0.15) is 4.98 Å². The van der Waals surface area contributed by atoms with Crippen LogP contribution in [0, 0.1) is 0 Å². The summed E-state index contributed by atoms with van der Waals surface area (Å²) in [5, 5.41) is 3.91. The van der Waals surface area contributed by atoms with Crippen molar-refractivity contribution in [2.45, 2.75) is 37.2 Å². The monoisotopic (exact) mass is 337 g/mol. The summed E-state index contributed by atoms with van der Waals surface area (Å²) in [7, 11) is -3.63. The number of nitrogens with zero attached hydrogens (tertiary/aromatic N) is 4. The van der Waals surface area contributed by atoms with Crippen LogP contribution in [-0.4, -0.2) is 41.5 Å². The number of nitrogens with one attached hydrogen (secondary N) is 1. The van der Waals surface area contributed by atoms with Crippen LogP contribution >= 0.6 is 0 Å². The summed E-state index contributed by atoms with van der Waals surface area (Å²) in [6, 6.07) is 3.04. The van der Waals surface area contributed by atoms with Crippen molar-refractivity contribution in [3.8, 4) is 0 Å². The third-order valence-electron chi connectivity index (χ3n) is 3.68. The first-order chi connectivity index (χ1) is 11.1. The minimum absolute atomic E-state index is 0.0375. The SMILES string of the molecule is O=S(=O)(NCc1nc(CN2CCCCC2)no1)c1cccnc1. The highest BCUT2D eigenvalue weighted by Crippen LogP contribution is 2.12. The van der Waals surface area contributed by atoms with E-state index in [0.717, 1.165) is 13.1 Å². The van der Waals surface area contributed by atoms with Crippen molar-refractivity contribution in [1.29, 1.82) is 0 Å². The Hall–Kier alpha value is -1.84. The molecule has 23 heavy (non-hydrogen) atoms. The van der Waals surface area contributed by atoms with Crippen molar-refractivity contribution >= 4 is 10.0 Å². The van der Waals surface area contributed by atoms with Gasteiger partial charge in [-0.3, -0.25) is 9.88 Å². The number of rotatable bonds is 6. The lowest BCUT2D eigenvalue weighted by Crippen LogP contribution is -2.29. The van der Waals surface area contributed by atoms with Crippen molar-refractivity contribution in [1.82, 2.24) is 24.7 Å². The number of piperidine rings is 1. The minimum atomic E-state index is -3.63. The Kier molecular flexibility index (Phi) is 4.99. The smallest absolute Gasteiger partial charge is 0.242 e. The van der Waals surface area contributed by atoms with Crippen LogP contribution in [0.3, 0.4) is 0 Å². The molecule has 0 spiro atoms. The first kappa shape index (κ1) is 16.0. The molecule has 0 radical (unpaired) electrons. The number of hydrogen-bond donors (Lipinski definition) is 1. The predicted octanol–water partition coefficient (Wildman–Crippen LogP) is 0.929. The molecule has 124 valence electrons. The molecule has 1 N–H and O–H groups in total. The third-order valence-corrected chi connectivity index (χ3v) is 5.07. The van der Waals surface area contributed by atoms with Gasteiger partial charge in [0.05, 0.1) is 13.1 Å². The molecule has 0 atom stereocenters. The number of hydrogen-bond acceptors (Lipinski definition) is 7. The molecular formula is C14H19N5O3S. The summed E-state index contributed by atoms with van der Waals surface area (Å²) in [4.78, 5) is 10.4. The molecule has 2 aromatic rings. The van der Waals surface area contributed by atoms with Gasteiger partial charge in [-0.05, 0) is 38.1 Å². The highest BCUT2D eigenvalue weighted by molar-refractivity contribution is 7.89. The van der Waals surface area contributed by atoms with E-state index < -0.39 is 10.0 Å². The molecule has 1 fully saturated rings. The van der Waals surface area contributed by atoms with Gasteiger partial charge in [0, 0.05) is 12.4 Å². The molecule has 1 aliphatic rings. The van der Waals surface area contributed by atoms with Crippen LogP contribution in [0.4, 0.5) is 0 Å². The molecule has 0 aromatic carbocycles. The van der Waals surface area contributed by atoms with Crippen LogP contribution in [0.25, 0.3) is 0 Å². The van der Waals surface area contributed by atoms with E-state index in [2.05, 4.69) is 24.7 Å². The molecule has 1 saturated heterocycles. The average molecular weight is 337 g/mol. The quantitative estimate of drug-likeness (QED) is 0.836. The Morgan fingerprint density at radius 1 is 1.26 bits per heavy atom. The summed E-state index contributed by atoms with van der Waals surface area (Å²) >= 11 is 0. The maximum atomic E-state index is 12.1. The molecule has 0 unspecified atom stereocenters. The molecular weight excluding hydrogens is 318 g/mol. The molecule has 0 saturated carbocycles. The molecule has 0 aliphatic carbocycles. The fourth-order valence-electron chi connectivity index (χ4n) is 2.49. The van der Waals surface area contributed by atoms with E-state index in [9.17, 15) is 8.42 Å². The van der Waals surface area contributed by atoms with Gasteiger partial charge in [0.25, 0.3) is 0 Å². The average Bonchev–Trinajstić information content (AvgIpc) is 3.02. The van der Waals surface area contributed by atoms with Crippen molar-refractivity contribution in [3.05, 3.63) is 36.2 Å². The van der Waals surface area contributed by atoms with E-state index in [-0.39, 0.29) is 17.3 Å². The molecule has 8 nitrogen and oxygen atoms in total. The predicted molar refractivity (Wildman–Crippen MR) is 81.7 cm³/mol. The first-order valence-corrected chi connectivity index (χ1v) is 9.05. The van der Waals surface area contributed by atoms with E-state index in [4.69, 9.17) is 4.52 Å². The lowest BCUT2D eigenvalue weighted by Gasteiger charge is -2.24. The van der Waals surface area contributed by atoms with Crippen LogP contribution in [0.2, 0.25) is 0 Å². The summed E-state index contributed by atoms with van der Waals surface area (Å²) in [5.41, 5.74) is 0. The molecule has 1 aliphatic heterocycles. The maximum absolute atomic E-state index is 12.1. The van der Waals surface area contributed by atoms with Gasteiger partial charge in [-0.25, -0.2) is 13.1 Å². The molecule has 9 heteroatoms. The van der Waals surface area contributed by atoms with E-state index in [1.165, 1.54) is 37.7 Å².